The van der Waals surface area contributed by atoms with E-state index < -0.39 is 0 Å². The Labute approximate surface area is 167 Å². The van der Waals surface area contributed by atoms with Crippen molar-refractivity contribution < 1.29 is 4.74 Å². The molecule has 3 aliphatic carbocycles. The number of thioether (sulfide) groups is 1. The predicted molar refractivity (Wildman–Crippen MR) is 113 cm³/mol. The van der Waals surface area contributed by atoms with E-state index in [2.05, 4.69) is 34.3 Å². The third kappa shape index (κ3) is 3.20. The lowest BCUT2D eigenvalue weighted by Gasteiger charge is -2.63. The average molecular weight is 465 g/mol. The number of nitrogens with zero attached hydrogens (tertiary/aromatic N) is 1. The highest BCUT2D eigenvalue weighted by molar-refractivity contribution is 14.0. The molecular formula is C18H32IN3OS. The molecule has 4 nitrogen and oxygen atoms in total. The molecule has 4 rings (SSSR count). The zero-order valence-electron chi connectivity index (χ0n) is 14.9. The molecule has 5 atom stereocenters. The van der Waals surface area contributed by atoms with Gasteiger partial charge in [0, 0.05) is 42.3 Å². The summed E-state index contributed by atoms with van der Waals surface area (Å²) in [6.07, 6.45) is 9.70. The summed E-state index contributed by atoms with van der Waals surface area (Å²) < 4.78 is 6.03. The summed E-state index contributed by atoms with van der Waals surface area (Å²) in [6.45, 7) is 3.22. The van der Waals surface area contributed by atoms with Crippen LogP contribution in [0.25, 0.3) is 0 Å². The van der Waals surface area contributed by atoms with Gasteiger partial charge in [-0.1, -0.05) is 13.3 Å². The molecule has 1 heterocycles. The highest BCUT2D eigenvalue weighted by Crippen LogP contribution is 2.62. The van der Waals surface area contributed by atoms with Gasteiger partial charge in [-0.25, -0.2) is 0 Å². The molecule has 6 heteroatoms. The van der Waals surface area contributed by atoms with E-state index in [1.165, 1.54) is 50.7 Å². The molecule has 138 valence electrons. The Morgan fingerprint density at radius 3 is 2.75 bits per heavy atom. The Kier molecular flexibility index (Phi) is 6.29. The van der Waals surface area contributed by atoms with Crippen LogP contribution in [0.1, 0.15) is 51.9 Å². The van der Waals surface area contributed by atoms with Gasteiger partial charge in [0.05, 0.1) is 6.10 Å². The standard InChI is InChI=1S/C18H31N3OS.HI/c1-3-23-13-6-5-12(11-13)20-17(19-2)21-15-14-7-10-22-16(14)18(15)8-4-9-18;/h12-16H,3-11H2,1-2H3,(H2,19,20,21);1H. The van der Waals surface area contributed by atoms with Crippen molar-refractivity contribution in [2.75, 3.05) is 19.4 Å². The molecule has 0 aromatic carbocycles. The van der Waals surface area contributed by atoms with Crippen molar-refractivity contribution in [2.45, 2.75) is 75.3 Å². The fourth-order valence-electron chi connectivity index (χ4n) is 5.43. The summed E-state index contributed by atoms with van der Waals surface area (Å²) in [5, 5.41) is 8.33. The molecule has 0 bridgehead atoms. The number of nitrogens with one attached hydrogen (secondary N) is 2. The molecular weight excluding hydrogens is 433 g/mol. The lowest BCUT2D eigenvalue weighted by atomic mass is 9.46. The van der Waals surface area contributed by atoms with Crippen LogP contribution < -0.4 is 10.6 Å². The summed E-state index contributed by atoms with van der Waals surface area (Å²) >= 11 is 2.12. The van der Waals surface area contributed by atoms with E-state index in [-0.39, 0.29) is 24.0 Å². The molecule has 0 radical (unpaired) electrons. The van der Waals surface area contributed by atoms with Crippen LogP contribution in [0.3, 0.4) is 0 Å². The molecule has 24 heavy (non-hydrogen) atoms. The minimum atomic E-state index is 0. The van der Waals surface area contributed by atoms with Gasteiger partial charge in [-0.15, -0.1) is 24.0 Å². The van der Waals surface area contributed by atoms with Crippen LogP contribution in [0.2, 0.25) is 0 Å². The van der Waals surface area contributed by atoms with E-state index in [4.69, 9.17) is 4.74 Å². The van der Waals surface area contributed by atoms with Gasteiger partial charge < -0.3 is 15.4 Å². The van der Waals surface area contributed by atoms with Gasteiger partial charge in [0.25, 0.3) is 0 Å². The molecule has 1 spiro atoms. The Morgan fingerprint density at radius 2 is 2.08 bits per heavy atom. The van der Waals surface area contributed by atoms with Crippen molar-refractivity contribution in [3.05, 3.63) is 0 Å². The van der Waals surface area contributed by atoms with Crippen LogP contribution in [0, 0.1) is 11.3 Å². The SMILES string of the molecule is CCSC1CCC(NC(=NC)NC2C3CCOC3C23CCC3)C1.I. The summed E-state index contributed by atoms with van der Waals surface area (Å²) in [5.74, 6) is 2.97. The van der Waals surface area contributed by atoms with Crippen LogP contribution in [-0.2, 0) is 4.74 Å². The largest absolute Gasteiger partial charge is 0.377 e. The number of hydrogen-bond acceptors (Lipinski definition) is 3. The first-order valence-electron chi connectivity index (χ1n) is 9.50. The summed E-state index contributed by atoms with van der Waals surface area (Å²) in [7, 11) is 1.91. The van der Waals surface area contributed by atoms with Crippen molar-refractivity contribution in [1.82, 2.24) is 10.6 Å². The monoisotopic (exact) mass is 465 g/mol. The lowest BCUT2D eigenvalue weighted by Crippen LogP contribution is -2.72. The van der Waals surface area contributed by atoms with Gasteiger partial charge in [0.2, 0.25) is 0 Å². The van der Waals surface area contributed by atoms with E-state index in [9.17, 15) is 0 Å². The quantitative estimate of drug-likeness (QED) is 0.380. The van der Waals surface area contributed by atoms with E-state index in [1.807, 2.05) is 7.05 Å². The molecule has 4 fully saturated rings. The summed E-state index contributed by atoms with van der Waals surface area (Å²) in [4.78, 5) is 4.53. The van der Waals surface area contributed by atoms with Crippen molar-refractivity contribution in [3.63, 3.8) is 0 Å². The minimum Gasteiger partial charge on any atom is -0.377 e. The highest BCUT2D eigenvalue weighted by atomic mass is 127. The summed E-state index contributed by atoms with van der Waals surface area (Å²) in [5.41, 5.74) is 0.426. The van der Waals surface area contributed by atoms with Gasteiger partial charge in [0.1, 0.15) is 0 Å². The molecule has 1 saturated heterocycles. The van der Waals surface area contributed by atoms with Crippen LogP contribution in [-0.4, -0.2) is 48.8 Å². The zero-order valence-corrected chi connectivity index (χ0v) is 18.1. The highest BCUT2D eigenvalue weighted by Gasteiger charge is 2.66. The third-order valence-corrected chi connectivity index (χ3v) is 7.91. The van der Waals surface area contributed by atoms with Crippen LogP contribution in [0.15, 0.2) is 4.99 Å². The molecule has 4 aliphatic rings. The first-order valence-corrected chi connectivity index (χ1v) is 10.5. The lowest BCUT2D eigenvalue weighted by molar-refractivity contribution is -0.171. The maximum Gasteiger partial charge on any atom is 0.191 e. The number of ether oxygens (including phenoxy) is 1. The predicted octanol–water partition coefficient (Wildman–Crippen LogP) is 3.40. The molecule has 5 unspecified atom stereocenters. The topological polar surface area (TPSA) is 45.7 Å². The Balaban J connectivity index is 0.00000169. The maximum atomic E-state index is 6.03. The van der Waals surface area contributed by atoms with E-state index >= 15 is 0 Å². The number of halogens is 1. The Morgan fingerprint density at radius 1 is 1.25 bits per heavy atom. The zero-order chi connectivity index (χ0) is 15.9. The van der Waals surface area contributed by atoms with Crippen molar-refractivity contribution in [1.29, 1.82) is 0 Å². The average Bonchev–Trinajstić information content (AvgIpc) is 3.10. The van der Waals surface area contributed by atoms with Gasteiger partial charge in [-0.2, -0.15) is 11.8 Å². The van der Waals surface area contributed by atoms with Gasteiger partial charge in [-0.3, -0.25) is 4.99 Å². The van der Waals surface area contributed by atoms with E-state index in [0.717, 1.165) is 17.8 Å². The summed E-state index contributed by atoms with van der Waals surface area (Å²) in [6, 6.07) is 1.18. The normalized spacial score (nSPS) is 39.6. The molecule has 1 aliphatic heterocycles. The van der Waals surface area contributed by atoms with Crippen LogP contribution in [0.4, 0.5) is 0 Å². The smallest absolute Gasteiger partial charge is 0.191 e. The first-order chi connectivity index (χ1) is 11.3. The van der Waals surface area contributed by atoms with Crippen LogP contribution >= 0.6 is 35.7 Å². The third-order valence-electron chi connectivity index (χ3n) is 6.68. The minimum absolute atomic E-state index is 0. The maximum absolute atomic E-state index is 6.03. The van der Waals surface area contributed by atoms with Gasteiger partial charge in [-0.05, 0) is 44.3 Å². The second-order valence-electron chi connectivity index (χ2n) is 7.76. The van der Waals surface area contributed by atoms with Crippen molar-refractivity contribution in [3.8, 4) is 0 Å². The van der Waals surface area contributed by atoms with Crippen molar-refractivity contribution in [2.24, 2.45) is 16.3 Å². The van der Waals surface area contributed by atoms with E-state index in [1.54, 1.807) is 0 Å². The second-order valence-corrected chi connectivity index (χ2v) is 9.33. The molecule has 2 N–H and O–H groups in total. The van der Waals surface area contributed by atoms with Crippen molar-refractivity contribution >= 4 is 41.7 Å². The van der Waals surface area contributed by atoms with Crippen LogP contribution in [0.5, 0.6) is 0 Å². The Hall–Kier alpha value is 0.310. The number of aliphatic imine (C=N–C) groups is 1. The number of fused-ring (bicyclic) bond motifs is 2. The second kappa shape index (κ2) is 7.91. The fraction of sp³-hybridized carbons (Fsp3) is 0.944. The number of guanidine groups is 1. The molecule has 3 saturated carbocycles. The molecule has 0 aromatic rings. The number of rotatable bonds is 4. The van der Waals surface area contributed by atoms with Gasteiger partial charge in [0.15, 0.2) is 5.96 Å². The van der Waals surface area contributed by atoms with E-state index in [0.29, 0.717) is 29.5 Å². The molecule has 0 aromatic heterocycles. The molecule has 0 amide bonds. The van der Waals surface area contributed by atoms with Gasteiger partial charge >= 0.3 is 0 Å². The Bertz CT molecular complexity index is 471. The number of hydrogen-bond donors (Lipinski definition) is 2. The fourth-order valence-corrected chi connectivity index (χ4v) is 6.57. The first kappa shape index (κ1) is 19.1.